The molecule has 3 heterocycles. The van der Waals surface area contributed by atoms with Gasteiger partial charge in [-0.1, -0.05) is 80.9 Å². The molecule has 292 valence electrons. The van der Waals surface area contributed by atoms with Gasteiger partial charge in [0.1, 0.15) is 6.33 Å². The van der Waals surface area contributed by atoms with E-state index < -0.39 is 17.4 Å². The molecule has 5 aliphatic rings. The van der Waals surface area contributed by atoms with Crippen LogP contribution in [0.15, 0.2) is 42.5 Å². The molecule has 3 saturated carbocycles. The molecular formula is C44H67N5O4. The Hall–Kier alpha value is -2.62. The molecule has 2 aromatic heterocycles. The highest BCUT2D eigenvalue weighted by atomic mass is 16.5. The Bertz CT molecular complexity index is 1730. The molecule has 3 unspecified atom stereocenters. The topological polar surface area (TPSA) is 125 Å². The highest BCUT2D eigenvalue weighted by molar-refractivity contribution is 5.73. The van der Waals surface area contributed by atoms with Crippen LogP contribution in [0.1, 0.15) is 121 Å². The fourth-order valence-corrected chi connectivity index (χ4v) is 12.8. The van der Waals surface area contributed by atoms with Crippen LogP contribution < -0.4 is 5.73 Å². The lowest BCUT2D eigenvalue weighted by molar-refractivity contribution is -0.253. The predicted octanol–water partition coefficient (Wildman–Crippen LogP) is 8.62. The van der Waals surface area contributed by atoms with Crippen LogP contribution in [-0.4, -0.2) is 62.3 Å². The highest BCUT2D eigenvalue weighted by Crippen LogP contribution is 2.75. The molecule has 0 radical (unpaired) electrons. The molecule has 12 atom stereocenters. The summed E-state index contributed by atoms with van der Waals surface area (Å²) in [6.07, 6.45) is 13.3. The number of ether oxygens (including phenoxy) is 2. The molecule has 2 bridgehead atoms. The minimum Gasteiger partial charge on any atom is -0.481 e. The quantitative estimate of drug-likeness (QED) is 0.259. The lowest BCUT2D eigenvalue weighted by Crippen LogP contribution is -2.69. The number of allylic oxidation sites excluding steroid dienone is 1. The number of carbonyl (C=O) groups is 1. The fourth-order valence-electron chi connectivity index (χ4n) is 12.8. The second kappa shape index (κ2) is 12.7. The van der Waals surface area contributed by atoms with Crippen LogP contribution in [0.5, 0.6) is 0 Å². The number of pyridine rings is 1. The van der Waals surface area contributed by atoms with Crippen molar-refractivity contribution in [2.75, 3.05) is 19.8 Å². The van der Waals surface area contributed by atoms with Crippen molar-refractivity contribution < 1.29 is 19.4 Å². The number of rotatable bonds is 8. The number of hydrogen-bond donors (Lipinski definition) is 2. The van der Waals surface area contributed by atoms with Crippen molar-refractivity contribution in [3.8, 4) is 11.4 Å². The van der Waals surface area contributed by atoms with Gasteiger partial charge < -0.3 is 20.3 Å². The first-order valence-electron chi connectivity index (χ1n) is 20.4. The number of aliphatic carboxylic acids is 1. The molecule has 9 nitrogen and oxygen atoms in total. The summed E-state index contributed by atoms with van der Waals surface area (Å²) in [4.78, 5) is 22.7. The maximum absolute atomic E-state index is 13.6. The third kappa shape index (κ3) is 5.47. The van der Waals surface area contributed by atoms with E-state index in [0.717, 1.165) is 49.9 Å². The average molecular weight is 730 g/mol. The second-order valence-electron chi connectivity index (χ2n) is 20.8. The molecule has 4 fully saturated rings. The summed E-state index contributed by atoms with van der Waals surface area (Å²) in [5.41, 5.74) is 7.43. The zero-order chi connectivity index (χ0) is 38.6. The lowest BCUT2D eigenvalue weighted by atomic mass is 9.34. The summed E-state index contributed by atoms with van der Waals surface area (Å²) < 4.78 is 16.1. The Kier molecular flexibility index (Phi) is 9.26. The van der Waals surface area contributed by atoms with Crippen LogP contribution in [0, 0.1) is 62.1 Å². The number of carboxylic acid groups (broad SMARTS) is 1. The van der Waals surface area contributed by atoms with Crippen molar-refractivity contribution >= 4 is 5.97 Å². The zero-order valence-electron chi connectivity index (χ0n) is 34.4. The van der Waals surface area contributed by atoms with Crippen molar-refractivity contribution in [1.82, 2.24) is 19.7 Å². The molecule has 0 spiro atoms. The van der Waals surface area contributed by atoms with Crippen molar-refractivity contribution in [2.24, 2.45) is 67.8 Å². The van der Waals surface area contributed by atoms with Crippen LogP contribution in [-0.2, 0) is 14.3 Å². The average Bonchev–Trinajstić information content (AvgIpc) is 3.57. The molecule has 4 aliphatic carbocycles. The van der Waals surface area contributed by atoms with Crippen LogP contribution >= 0.6 is 0 Å². The van der Waals surface area contributed by atoms with Crippen LogP contribution in [0.25, 0.3) is 11.4 Å². The summed E-state index contributed by atoms with van der Waals surface area (Å²) >= 11 is 0. The van der Waals surface area contributed by atoms with Crippen LogP contribution in [0.4, 0.5) is 0 Å². The van der Waals surface area contributed by atoms with Gasteiger partial charge in [0.05, 0.1) is 37.9 Å². The van der Waals surface area contributed by atoms with Crippen LogP contribution in [0.2, 0.25) is 0 Å². The Morgan fingerprint density at radius 2 is 1.75 bits per heavy atom. The SMILES string of the molecule is CC(C)[C@@H](C)[C@@]1(C)CC[C@]2(C)[C@H]3CC[C@H]4C5(C)COC[C@@]4(C[C@@H](n4ncnc4-c4ccncc4)[C@@H]5OCC(C)(N)C(C)(C)C)C3=CC[C@@]2(C)C1C(=O)O. The van der Waals surface area contributed by atoms with E-state index in [2.05, 4.69) is 91.9 Å². The summed E-state index contributed by atoms with van der Waals surface area (Å²) in [6.45, 7) is 26.6. The number of nitrogens with zero attached hydrogens (tertiary/aromatic N) is 4. The molecule has 0 aromatic carbocycles. The maximum Gasteiger partial charge on any atom is 0.307 e. The highest BCUT2D eigenvalue weighted by Gasteiger charge is 2.72. The van der Waals surface area contributed by atoms with Gasteiger partial charge in [-0.25, -0.2) is 9.67 Å². The lowest BCUT2D eigenvalue weighted by Gasteiger charge is -2.71. The van der Waals surface area contributed by atoms with Crippen LogP contribution in [0.3, 0.4) is 0 Å². The monoisotopic (exact) mass is 730 g/mol. The van der Waals surface area contributed by atoms with Gasteiger partial charge in [0.15, 0.2) is 5.82 Å². The number of nitrogens with two attached hydrogens (primary N) is 1. The van der Waals surface area contributed by atoms with Gasteiger partial charge in [0.25, 0.3) is 0 Å². The summed E-state index contributed by atoms with van der Waals surface area (Å²) in [5.74, 6) is 1.12. The number of hydrogen-bond acceptors (Lipinski definition) is 7. The van der Waals surface area contributed by atoms with Crippen molar-refractivity contribution in [3.05, 3.63) is 42.5 Å². The molecule has 1 saturated heterocycles. The standard InChI is InChI=1S/C44H67N5O4/c1-27(2)28(3)39(7)18-19-41(9)30-12-13-33-40(8)23-52-25-44(33,31(30)14-17-42(41,10)34(39)37(50)51)22-32(35(40)53-24-43(11,45)38(4,5)6)49-36(47-26-48-49)29-15-20-46-21-16-29/h14-16,20-21,26-28,30,32-35H,12-13,17-19,22-25,45H2,1-11H3,(H,50,51)/t28-,30+,32-,33+,34?,35+,39-,40?,41-,42+,43?,44+/m1/s1. The van der Waals surface area contributed by atoms with E-state index in [1.54, 1.807) is 6.33 Å². The Morgan fingerprint density at radius 1 is 1.06 bits per heavy atom. The minimum atomic E-state index is -0.625. The molecule has 1 aliphatic heterocycles. The van der Waals surface area contributed by atoms with E-state index in [1.165, 1.54) is 5.57 Å². The maximum atomic E-state index is 13.6. The summed E-state index contributed by atoms with van der Waals surface area (Å²) in [7, 11) is 0. The first-order chi connectivity index (χ1) is 24.7. The van der Waals surface area contributed by atoms with Gasteiger partial charge in [-0.15, -0.1) is 0 Å². The van der Waals surface area contributed by atoms with Gasteiger partial charge in [-0.3, -0.25) is 9.78 Å². The van der Waals surface area contributed by atoms with E-state index in [0.29, 0.717) is 37.6 Å². The van der Waals surface area contributed by atoms with Gasteiger partial charge >= 0.3 is 5.97 Å². The molecule has 7 rings (SSSR count). The molecule has 2 aromatic rings. The molecule has 3 N–H and O–H groups in total. The van der Waals surface area contributed by atoms with Crippen molar-refractivity contribution in [2.45, 2.75) is 132 Å². The summed E-state index contributed by atoms with van der Waals surface area (Å²) in [6, 6.07) is 3.89. The predicted molar refractivity (Wildman–Crippen MR) is 208 cm³/mol. The van der Waals surface area contributed by atoms with E-state index in [-0.39, 0.29) is 50.6 Å². The Labute approximate surface area is 318 Å². The molecule has 9 heteroatoms. The number of carboxylic acids is 1. The van der Waals surface area contributed by atoms with E-state index in [1.807, 2.05) is 24.5 Å². The number of aromatic nitrogens is 4. The first kappa shape index (κ1) is 38.6. The Morgan fingerprint density at radius 3 is 2.40 bits per heavy atom. The third-order valence-corrected chi connectivity index (χ3v) is 17.2. The third-order valence-electron chi connectivity index (χ3n) is 17.2. The minimum absolute atomic E-state index is 0.115. The summed E-state index contributed by atoms with van der Waals surface area (Å²) in [5, 5.41) is 16.1. The smallest absolute Gasteiger partial charge is 0.307 e. The Balaban J connectivity index is 1.35. The largest absolute Gasteiger partial charge is 0.481 e. The molecular weight excluding hydrogens is 663 g/mol. The zero-order valence-corrected chi connectivity index (χ0v) is 34.4. The van der Waals surface area contributed by atoms with E-state index >= 15 is 0 Å². The van der Waals surface area contributed by atoms with Gasteiger partial charge in [-0.05, 0) is 103 Å². The van der Waals surface area contributed by atoms with Gasteiger partial charge in [0.2, 0.25) is 0 Å². The normalized spacial score (nSPS) is 41.4. The first-order valence-corrected chi connectivity index (χ1v) is 20.4. The van der Waals surface area contributed by atoms with Gasteiger partial charge in [-0.2, -0.15) is 5.10 Å². The molecule has 53 heavy (non-hydrogen) atoms. The van der Waals surface area contributed by atoms with Gasteiger partial charge in [0, 0.05) is 34.3 Å². The van der Waals surface area contributed by atoms with Crippen molar-refractivity contribution in [3.63, 3.8) is 0 Å². The van der Waals surface area contributed by atoms with E-state index in [4.69, 9.17) is 25.3 Å². The van der Waals surface area contributed by atoms with E-state index in [9.17, 15) is 9.90 Å². The fraction of sp³-hybridized carbons (Fsp3) is 0.773. The molecule has 0 amide bonds. The number of fused-ring (bicyclic) bond motifs is 3. The second-order valence-corrected chi connectivity index (χ2v) is 20.8. The van der Waals surface area contributed by atoms with Crippen molar-refractivity contribution in [1.29, 1.82) is 0 Å².